The third kappa shape index (κ3) is 2.89. The second-order valence-corrected chi connectivity index (χ2v) is 8.08. The minimum atomic E-state index is -0.335. The topological polar surface area (TPSA) is 77.8 Å². The maximum absolute atomic E-state index is 6.58. The number of hydrogen-bond donors (Lipinski definition) is 1. The van der Waals surface area contributed by atoms with Gasteiger partial charge in [-0.2, -0.15) is 4.68 Å². The van der Waals surface area contributed by atoms with E-state index in [1.807, 2.05) is 42.6 Å². The van der Waals surface area contributed by atoms with E-state index in [0.29, 0.717) is 11.0 Å². The number of benzene rings is 2. The van der Waals surface area contributed by atoms with Gasteiger partial charge in [0.15, 0.2) is 0 Å². The van der Waals surface area contributed by atoms with Gasteiger partial charge in [-0.05, 0) is 52.7 Å². The van der Waals surface area contributed by atoms with Crippen LogP contribution in [0.3, 0.4) is 0 Å². The Morgan fingerprint density at radius 3 is 2.81 bits per heavy atom. The molecule has 4 aromatic rings. The predicted molar refractivity (Wildman–Crippen MR) is 117 cm³/mol. The van der Waals surface area contributed by atoms with Gasteiger partial charge in [0, 0.05) is 28.6 Å². The minimum absolute atomic E-state index is 0.285. The molecule has 0 unspecified atom stereocenters. The Hall–Kier alpha value is -3.71. The molecule has 8 heteroatoms. The number of pyridine rings is 1. The van der Waals surface area contributed by atoms with E-state index in [1.165, 1.54) is 0 Å². The molecule has 0 saturated heterocycles. The normalized spacial score (nSPS) is 19.0. The Balaban J connectivity index is 1.65. The number of halogens is 1. The highest BCUT2D eigenvalue weighted by Crippen LogP contribution is 2.50. The number of rotatable bonds is 2. The van der Waals surface area contributed by atoms with E-state index in [0.717, 1.165) is 39.3 Å². The summed E-state index contributed by atoms with van der Waals surface area (Å²) in [5, 5.41) is 16.4. The van der Waals surface area contributed by atoms with Crippen LogP contribution < -0.4 is 10.1 Å². The van der Waals surface area contributed by atoms with Crippen LogP contribution in [0.15, 0.2) is 72.6 Å². The van der Waals surface area contributed by atoms with E-state index in [-0.39, 0.29) is 12.1 Å². The van der Waals surface area contributed by atoms with E-state index >= 15 is 0 Å². The van der Waals surface area contributed by atoms with Crippen molar-refractivity contribution in [3.8, 4) is 5.75 Å². The van der Waals surface area contributed by atoms with Gasteiger partial charge in [-0.1, -0.05) is 52.6 Å². The van der Waals surface area contributed by atoms with Gasteiger partial charge < -0.3 is 10.1 Å². The molecule has 0 spiro atoms. The van der Waals surface area contributed by atoms with Crippen LogP contribution in [0.5, 0.6) is 5.75 Å². The van der Waals surface area contributed by atoms with Gasteiger partial charge >= 0.3 is 0 Å². The Morgan fingerprint density at radius 1 is 1.06 bits per heavy atom. The summed E-state index contributed by atoms with van der Waals surface area (Å²) in [6, 6.07) is 17.7. The van der Waals surface area contributed by atoms with E-state index < -0.39 is 0 Å². The molecule has 4 heterocycles. The molecule has 2 aromatic heterocycles. The number of anilines is 1. The van der Waals surface area contributed by atoms with Crippen LogP contribution in [0, 0.1) is 6.92 Å². The lowest BCUT2D eigenvalue weighted by molar-refractivity contribution is 0.222. The molecule has 2 aliphatic heterocycles. The second kappa shape index (κ2) is 6.92. The molecule has 0 radical (unpaired) electrons. The molecule has 0 saturated carbocycles. The van der Waals surface area contributed by atoms with Crippen molar-refractivity contribution >= 4 is 23.2 Å². The molecule has 6 rings (SSSR count). The third-order valence-corrected chi connectivity index (χ3v) is 5.88. The van der Waals surface area contributed by atoms with E-state index in [4.69, 9.17) is 16.3 Å². The summed E-state index contributed by atoms with van der Waals surface area (Å²) in [4.78, 5) is 4.34. The molecule has 0 fully saturated rings. The van der Waals surface area contributed by atoms with Gasteiger partial charge in [0.1, 0.15) is 17.9 Å². The van der Waals surface area contributed by atoms with Crippen molar-refractivity contribution in [2.45, 2.75) is 19.1 Å². The first kappa shape index (κ1) is 18.1. The van der Waals surface area contributed by atoms with Gasteiger partial charge in [0.25, 0.3) is 0 Å². The van der Waals surface area contributed by atoms with Crippen molar-refractivity contribution in [3.63, 3.8) is 0 Å². The summed E-state index contributed by atoms with van der Waals surface area (Å²) < 4.78 is 8.36. The van der Waals surface area contributed by atoms with Crippen LogP contribution in [0.1, 0.15) is 34.4 Å². The Morgan fingerprint density at radius 2 is 1.97 bits per heavy atom. The number of nitrogens with one attached hydrogen (secondary N) is 1. The van der Waals surface area contributed by atoms with Crippen LogP contribution in [0.2, 0.25) is 5.02 Å². The van der Waals surface area contributed by atoms with Crippen molar-refractivity contribution in [1.29, 1.82) is 0 Å². The number of hydrogen-bond acceptors (Lipinski definition) is 6. The molecule has 0 aliphatic carbocycles. The zero-order chi connectivity index (χ0) is 20.9. The summed E-state index contributed by atoms with van der Waals surface area (Å²) in [5.41, 5.74) is 5.99. The number of aromatic nitrogens is 5. The fraction of sp³-hybridized carbons (Fsp3) is 0.130. The van der Waals surface area contributed by atoms with Crippen molar-refractivity contribution in [1.82, 2.24) is 25.2 Å². The number of tetrazole rings is 1. The summed E-state index contributed by atoms with van der Waals surface area (Å²) >= 11 is 6.35. The fourth-order valence-corrected chi connectivity index (χ4v) is 4.50. The summed E-state index contributed by atoms with van der Waals surface area (Å²) in [5.74, 6) is 1.32. The van der Waals surface area contributed by atoms with Crippen LogP contribution in [0.25, 0.3) is 5.70 Å². The van der Waals surface area contributed by atoms with Crippen LogP contribution in [0.4, 0.5) is 5.95 Å². The van der Waals surface area contributed by atoms with Gasteiger partial charge in [-0.25, -0.2) is 0 Å². The van der Waals surface area contributed by atoms with Crippen molar-refractivity contribution in [2.24, 2.45) is 0 Å². The first-order valence-electron chi connectivity index (χ1n) is 9.91. The Labute approximate surface area is 183 Å². The zero-order valence-corrected chi connectivity index (χ0v) is 17.3. The molecule has 7 nitrogen and oxygen atoms in total. The molecule has 1 N–H and O–H groups in total. The molecule has 2 aliphatic rings. The van der Waals surface area contributed by atoms with Gasteiger partial charge in [-0.3, -0.25) is 4.98 Å². The summed E-state index contributed by atoms with van der Waals surface area (Å²) in [7, 11) is 0. The first-order valence-corrected chi connectivity index (χ1v) is 10.3. The second-order valence-electron chi connectivity index (χ2n) is 7.64. The average Bonchev–Trinajstić information content (AvgIpc) is 3.26. The van der Waals surface area contributed by atoms with Gasteiger partial charge in [0.05, 0.1) is 5.70 Å². The fourth-order valence-electron chi connectivity index (χ4n) is 4.33. The van der Waals surface area contributed by atoms with E-state index in [9.17, 15) is 0 Å². The largest absolute Gasteiger partial charge is 0.480 e. The Kier molecular flexibility index (Phi) is 4.04. The molecule has 2 aromatic carbocycles. The lowest BCUT2D eigenvalue weighted by Gasteiger charge is -2.38. The maximum atomic E-state index is 6.58. The zero-order valence-electron chi connectivity index (χ0n) is 16.5. The minimum Gasteiger partial charge on any atom is -0.480 e. The highest BCUT2D eigenvalue weighted by Gasteiger charge is 2.41. The highest BCUT2D eigenvalue weighted by atomic mass is 35.5. The average molecular weight is 429 g/mol. The Bertz CT molecular complexity index is 1330. The molecule has 31 heavy (non-hydrogen) atoms. The molecule has 152 valence electrons. The third-order valence-electron chi connectivity index (χ3n) is 5.64. The predicted octanol–water partition coefficient (Wildman–Crippen LogP) is 4.59. The number of ether oxygens (including phenoxy) is 1. The van der Waals surface area contributed by atoms with Gasteiger partial charge in [0.2, 0.25) is 5.95 Å². The number of aryl methyl sites for hydroxylation is 1. The van der Waals surface area contributed by atoms with Crippen molar-refractivity contribution < 1.29 is 4.74 Å². The quantitative estimate of drug-likeness (QED) is 0.503. The summed E-state index contributed by atoms with van der Waals surface area (Å²) in [6.07, 6.45) is 3.26. The molecular formula is C23H17ClN6O. The smallest absolute Gasteiger partial charge is 0.248 e. The van der Waals surface area contributed by atoms with Gasteiger partial charge in [-0.15, -0.1) is 0 Å². The van der Waals surface area contributed by atoms with Crippen LogP contribution >= 0.6 is 11.6 Å². The lowest BCUT2D eigenvalue weighted by Crippen LogP contribution is -2.32. The van der Waals surface area contributed by atoms with Crippen molar-refractivity contribution in [3.05, 3.63) is 99.8 Å². The molecular weight excluding hydrogens is 412 g/mol. The molecule has 0 amide bonds. The molecule has 2 atom stereocenters. The van der Waals surface area contributed by atoms with Crippen LogP contribution in [-0.4, -0.2) is 25.2 Å². The monoisotopic (exact) mass is 428 g/mol. The first-order chi connectivity index (χ1) is 15.2. The SMILES string of the molecule is Cc1cccc([C@H]2Oc3ccc(Cl)cc3C3=C2[C@H](c2cccnc2)n2nnnc2N3)c1. The lowest BCUT2D eigenvalue weighted by atomic mass is 9.85. The highest BCUT2D eigenvalue weighted by molar-refractivity contribution is 6.30. The molecule has 0 bridgehead atoms. The maximum Gasteiger partial charge on any atom is 0.248 e. The van der Waals surface area contributed by atoms with Crippen molar-refractivity contribution in [2.75, 3.05) is 5.32 Å². The number of nitrogens with zero attached hydrogens (tertiary/aromatic N) is 5. The van der Waals surface area contributed by atoms with E-state index in [2.05, 4.69) is 50.9 Å². The van der Waals surface area contributed by atoms with E-state index in [1.54, 1.807) is 10.9 Å². The standard InChI is InChI=1S/C23H17ClN6O/c1-13-4-2-5-14(10-13)22-19-20(17-11-16(24)7-8-18(17)31-22)26-23-27-28-29-30(23)21(19)15-6-3-9-25-12-15/h2-12,21-22H,1H3,(H,26,27,29)/t21-,22+/m0/s1. The summed E-state index contributed by atoms with van der Waals surface area (Å²) in [6.45, 7) is 2.08. The van der Waals surface area contributed by atoms with Crippen LogP contribution in [-0.2, 0) is 0 Å². The number of fused-ring (bicyclic) bond motifs is 3.